The Balaban J connectivity index is 4.48. The number of allylic oxidation sites excluding steroid dienone is 18. The second-order valence-corrected chi connectivity index (χ2v) is 19.9. The van der Waals surface area contributed by atoms with Crippen molar-refractivity contribution in [2.24, 2.45) is 0 Å². The van der Waals surface area contributed by atoms with E-state index >= 15 is 0 Å². The van der Waals surface area contributed by atoms with Crippen molar-refractivity contribution in [3.8, 4) is 0 Å². The van der Waals surface area contributed by atoms with Gasteiger partial charge in [-0.25, -0.2) is 0 Å². The molecule has 0 aromatic carbocycles. The molecule has 1 atom stereocenters. The molecule has 0 aromatic rings. The lowest BCUT2D eigenvalue weighted by molar-refractivity contribution is -0.167. The van der Waals surface area contributed by atoms with Crippen LogP contribution in [-0.4, -0.2) is 37.2 Å². The topological polar surface area (TPSA) is 78.9 Å². The Bertz CT molecular complexity index is 1490. The maximum Gasteiger partial charge on any atom is 0.306 e. The Kier molecular flexibility index (Phi) is 57.4. The van der Waals surface area contributed by atoms with Crippen molar-refractivity contribution in [3.05, 3.63) is 109 Å². The minimum atomic E-state index is -0.808. The number of carbonyl (C=O) groups excluding carboxylic acids is 3. The van der Waals surface area contributed by atoms with Crippen LogP contribution in [0.25, 0.3) is 0 Å². The largest absolute Gasteiger partial charge is 0.462 e. The maximum absolute atomic E-state index is 12.9. The number of hydrogen-bond acceptors (Lipinski definition) is 6. The van der Waals surface area contributed by atoms with Crippen molar-refractivity contribution in [2.75, 3.05) is 13.2 Å². The summed E-state index contributed by atoms with van der Waals surface area (Å²) < 4.78 is 16.9. The van der Waals surface area contributed by atoms with Crippen LogP contribution in [-0.2, 0) is 28.6 Å². The number of esters is 3. The molecule has 0 unspecified atom stereocenters. The van der Waals surface area contributed by atoms with Gasteiger partial charge in [-0.05, 0) is 103 Å². The number of rotatable bonds is 54. The van der Waals surface area contributed by atoms with Gasteiger partial charge in [0.25, 0.3) is 0 Å². The van der Waals surface area contributed by atoms with E-state index in [1.54, 1.807) is 0 Å². The fourth-order valence-corrected chi connectivity index (χ4v) is 8.28. The van der Waals surface area contributed by atoms with Crippen molar-refractivity contribution in [3.63, 3.8) is 0 Å². The van der Waals surface area contributed by atoms with Gasteiger partial charge >= 0.3 is 17.9 Å². The molecule has 0 rings (SSSR count). The molecule has 6 nitrogen and oxygen atoms in total. The van der Waals surface area contributed by atoms with E-state index in [4.69, 9.17) is 14.2 Å². The van der Waals surface area contributed by atoms with Gasteiger partial charge in [-0.1, -0.05) is 265 Å². The number of carbonyl (C=O) groups is 3. The fraction of sp³-hybridized carbons (Fsp3) is 0.687. The summed E-state index contributed by atoms with van der Waals surface area (Å²) in [5.41, 5.74) is 0. The molecule has 0 radical (unpaired) electrons. The molecule has 0 bridgehead atoms. The highest BCUT2D eigenvalue weighted by molar-refractivity contribution is 5.71. The quantitative estimate of drug-likeness (QED) is 0.0261. The van der Waals surface area contributed by atoms with E-state index in [0.29, 0.717) is 12.8 Å². The molecule has 73 heavy (non-hydrogen) atoms. The lowest BCUT2D eigenvalue weighted by Crippen LogP contribution is -2.30. The highest BCUT2D eigenvalue weighted by Gasteiger charge is 2.19. The maximum atomic E-state index is 12.9. The van der Waals surface area contributed by atoms with Crippen molar-refractivity contribution in [1.29, 1.82) is 0 Å². The van der Waals surface area contributed by atoms with Crippen LogP contribution in [0.1, 0.15) is 278 Å². The molecular formula is C67H112O6. The molecule has 0 aromatic heterocycles. The van der Waals surface area contributed by atoms with Gasteiger partial charge in [-0.2, -0.15) is 0 Å². The summed E-state index contributed by atoms with van der Waals surface area (Å²) in [5, 5.41) is 0. The van der Waals surface area contributed by atoms with Crippen LogP contribution in [0.5, 0.6) is 0 Å². The van der Waals surface area contributed by atoms with Gasteiger partial charge < -0.3 is 14.2 Å². The summed E-state index contributed by atoms with van der Waals surface area (Å²) in [6.45, 7) is 6.39. The van der Waals surface area contributed by atoms with E-state index < -0.39 is 6.10 Å². The van der Waals surface area contributed by atoms with Gasteiger partial charge in [0, 0.05) is 19.3 Å². The van der Waals surface area contributed by atoms with E-state index in [0.717, 1.165) is 135 Å². The van der Waals surface area contributed by atoms with E-state index in [-0.39, 0.29) is 37.5 Å². The summed E-state index contributed by atoms with van der Waals surface area (Å²) in [4.78, 5) is 38.3. The zero-order valence-electron chi connectivity index (χ0n) is 47.6. The Hall–Kier alpha value is -3.93. The predicted molar refractivity (Wildman–Crippen MR) is 316 cm³/mol. The Morgan fingerprint density at radius 3 is 0.849 bits per heavy atom. The summed E-state index contributed by atoms with van der Waals surface area (Å²) in [6, 6.07) is 0. The predicted octanol–water partition coefficient (Wildman–Crippen LogP) is 20.7. The van der Waals surface area contributed by atoms with Gasteiger partial charge in [0.2, 0.25) is 0 Å². The van der Waals surface area contributed by atoms with Crippen LogP contribution in [0.15, 0.2) is 109 Å². The molecule has 416 valence electrons. The molecule has 0 spiro atoms. The average Bonchev–Trinajstić information content (AvgIpc) is 3.39. The summed E-state index contributed by atoms with van der Waals surface area (Å²) >= 11 is 0. The third-order valence-corrected chi connectivity index (χ3v) is 12.8. The standard InChI is InChI=1S/C67H112O6/c1-4-7-10-13-16-19-22-25-28-31-33-36-39-42-45-48-51-54-57-60-66(69)72-63-64(62-71-65(68)59-56-53-50-47-44-41-38-35-30-27-24-21-18-15-12-9-6-3)73-67(70)61-58-55-52-49-46-43-40-37-34-32-29-26-23-20-17-14-11-8-5-2/h8-9,11-12,17-18,20-21,26-27,29-30,34,37-38,41,43,46,64H,4-7,10,13-16,19,22-25,28,31-33,35-36,39-40,42,44-45,47-63H2,1-3H3/b11-8-,12-9-,20-17-,21-18-,29-26-,30-27-,37-34-,41-38-,46-43-/t64-/m1/s1. The molecule has 6 heteroatoms. The molecule has 0 aliphatic rings. The summed E-state index contributed by atoms with van der Waals surface area (Å²) in [7, 11) is 0. The monoisotopic (exact) mass is 1010 g/mol. The minimum absolute atomic E-state index is 0.0989. The Morgan fingerprint density at radius 2 is 0.534 bits per heavy atom. The molecule has 0 amide bonds. The second-order valence-electron chi connectivity index (χ2n) is 19.9. The van der Waals surface area contributed by atoms with Crippen molar-refractivity contribution >= 4 is 17.9 Å². The van der Waals surface area contributed by atoms with Gasteiger partial charge in [0.05, 0.1) is 0 Å². The van der Waals surface area contributed by atoms with Crippen molar-refractivity contribution in [2.45, 2.75) is 284 Å². The van der Waals surface area contributed by atoms with Crippen molar-refractivity contribution in [1.82, 2.24) is 0 Å². The summed E-state index contributed by atoms with van der Waals surface area (Å²) in [5.74, 6) is -0.950. The highest BCUT2D eigenvalue weighted by atomic mass is 16.6. The number of ether oxygens (including phenoxy) is 3. The van der Waals surface area contributed by atoms with E-state index in [1.165, 1.54) is 103 Å². The van der Waals surface area contributed by atoms with Gasteiger partial charge in [-0.3, -0.25) is 14.4 Å². The summed E-state index contributed by atoms with van der Waals surface area (Å²) in [6.07, 6.45) is 82.3. The van der Waals surface area contributed by atoms with Crippen LogP contribution in [0, 0.1) is 0 Å². The van der Waals surface area contributed by atoms with Crippen molar-refractivity contribution < 1.29 is 28.6 Å². The molecule has 0 N–H and O–H groups in total. The smallest absolute Gasteiger partial charge is 0.306 e. The van der Waals surface area contributed by atoms with E-state index in [1.807, 2.05) is 0 Å². The highest BCUT2D eigenvalue weighted by Crippen LogP contribution is 2.16. The SMILES string of the molecule is CC/C=C\C/C=C\C/C=C\C/C=C\C/C=C\CCCCCC(=O)O[C@H](COC(=O)CCCCCC/C=C\C/C=C\C/C=C\C/C=C\CC)COC(=O)CCCCCCCCCCCCCCCCCCCCC. The first-order valence-corrected chi connectivity index (χ1v) is 30.4. The molecule has 0 aliphatic heterocycles. The molecule has 0 saturated carbocycles. The average molecular weight is 1010 g/mol. The Labute approximate surface area is 450 Å². The zero-order chi connectivity index (χ0) is 52.9. The lowest BCUT2D eigenvalue weighted by atomic mass is 10.0. The van der Waals surface area contributed by atoms with Crippen LogP contribution in [0.3, 0.4) is 0 Å². The second kappa shape index (κ2) is 60.6. The normalized spacial score (nSPS) is 12.9. The third kappa shape index (κ3) is 58.8. The Morgan fingerprint density at radius 1 is 0.288 bits per heavy atom. The molecule has 0 fully saturated rings. The van der Waals surface area contributed by atoms with Crippen LogP contribution < -0.4 is 0 Å². The first kappa shape index (κ1) is 69.1. The van der Waals surface area contributed by atoms with Crippen LogP contribution in [0.4, 0.5) is 0 Å². The molecule has 0 heterocycles. The lowest BCUT2D eigenvalue weighted by Gasteiger charge is -2.18. The van der Waals surface area contributed by atoms with Gasteiger partial charge in [0.15, 0.2) is 6.10 Å². The van der Waals surface area contributed by atoms with Gasteiger partial charge in [0.1, 0.15) is 13.2 Å². The number of hydrogen-bond donors (Lipinski definition) is 0. The van der Waals surface area contributed by atoms with Gasteiger partial charge in [-0.15, -0.1) is 0 Å². The molecular weight excluding hydrogens is 901 g/mol. The minimum Gasteiger partial charge on any atom is -0.462 e. The van der Waals surface area contributed by atoms with Crippen LogP contribution >= 0.6 is 0 Å². The molecule has 0 aliphatic carbocycles. The molecule has 0 saturated heterocycles. The van der Waals surface area contributed by atoms with E-state index in [9.17, 15) is 14.4 Å². The zero-order valence-corrected chi connectivity index (χ0v) is 47.6. The van der Waals surface area contributed by atoms with Crippen LogP contribution in [0.2, 0.25) is 0 Å². The first-order valence-electron chi connectivity index (χ1n) is 30.4. The fourth-order valence-electron chi connectivity index (χ4n) is 8.28. The van der Waals surface area contributed by atoms with E-state index in [2.05, 4.69) is 130 Å². The first-order chi connectivity index (χ1) is 36.0. The number of unbranched alkanes of at least 4 members (excludes halogenated alkanes) is 25. The third-order valence-electron chi connectivity index (χ3n) is 12.8.